The molecule has 0 bridgehead atoms. The van der Waals surface area contributed by atoms with E-state index >= 15 is 0 Å². The van der Waals surface area contributed by atoms with Crippen molar-refractivity contribution in [2.24, 2.45) is 22.2 Å². The molecular weight excluding hydrogens is 600 g/mol. The number of nitrogens with two attached hydrogens (primary N) is 3. The maximum absolute atomic E-state index is 13.8. The second-order valence-corrected chi connectivity index (χ2v) is 11.7. The molecule has 2 aromatic carbocycles. The first-order valence-electron chi connectivity index (χ1n) is 16.3. The topological polar surface area (TPSA) is 207 Å². The summed E-state index contributed by atoms with van der Waals surface area (Å²) in [5.74, 6) is -1.75. The Labute approximate surface area is 277 Å². The lowest BCUT2D eigenvalue weighted by molar-refractivity contribution is -0.141. The van der Waals surface area contributed by atoms with Gasteiger partial charge in [-0.25, -0.2) is 0 Å². The van der Waals surface area contributed by atoms with Crippen molar-refractivity contribution < 1.29 is 23.9 Å². The monoisotopic (exact) mass is 650 g/mol. The van der Waals surface area contributed by atoms with Crippen molar-refractivity contribution in [2.45, 2.75) is 76.0 Å². The zero-order valence-corrected chi connectivity index (χ0v) is 27.2. The first kappa shape index (κ1) is 37.0. The second kappa shape index (κ2) is 19.9. The number of aliphatic imine (C=N–C) groups is 1. The molecule has 256 valence electrons. The summed E-state index contributed by atoms with van der Waals surface area (Å²) >= 11 is 0. The number of nitrogens with one attached hydrogen (secondary N) is 3. The summed E-state index contributed by atoms with van der Waals surface area (Å²) in [5, 5.41) is 8.57. The lowest BCUT2D eigenvalue weighted by Gasteiger charge is -2.31. The molecule has 0 aromatic heterocycles. The minimum absolute atomic E-state index is 0.0504. The molecule has 1 heterocycles. The Morgan fingerprint density at radius 1 is 0.766 bits per heavy atom. The highest BCUT2D eigenvalue weighted by atomic mass is 16.5. The van der Waals surface area contributed by atoms with Gasteiger partial charge >= 0.3 is 0 Å². The van der Waals surface area contributed by atoms with Gasteiger partial charge in [-0.05, 0) is 36.8 Å². The van der Waals surface area contributed by atoms with Crippen molar-refractivity contribution in [1.82, 2.24) is 20.9 Å². The van der Waals surface area contributed by atoms with Gasteiger partial charge in [-0.15, -0.1) is 0 Å². The van der Waals surface area contributed by atoms with Gasteiger partial charge in [-0.3, -0.25) is 24.2 Å². The van der Waals surface area contributed by atoms with Crippen LogP contribution in [-0.4, -0.2) is 91.5 Å². The predicted octanol–water partition coefficient (Wildman–Crippen LogP) is 0.356. The average molecular weight is 651 g/mol. The van der Waals surface area contributed by atoms with Gasteiger partial charge in [0.15, 0.2) is 5.96 Å². The van der Waals surface area contributed by atoms with Crippen LogP contribution in [0.3, 0.4) is 0 Å². The van der Waals surface area contributed by atoms with E-state index in [4.69, 9.17) is 21.9 Å². The van der Waals surface area contributed by atoms with E-state index < -0.39 is 41.9 Å². The van der Waals surface area contributed by atoms with Gasteiger partial charge in [0.1, 0.15) is 18.1 Å². The number of benzene rings is 2. The van der Waals surface area contributed by atoms with Gasteiger partial charge in [0.2, 0.25) is 23.6 Å². The molecule has 3 rings (SSSR count). The highest BCUT2D eigenvalue weighted by Gasteiger charge is 2.32. The van der Waals surface area contributed by atoms with Gasteiger partial charge < -0.3 is 42.8 Å². The molecule has 0 spiro atoms. The van der Waals surface area contributed by atoms with Crippen LogP contribution in [0, 0.1) is 0 Å². The molecule has 0 saturated carbocycles. The largest absolute Gasteiger partial charge is 0.378 e. The van der Waals surface area contributed by atoms with E-state index in [0.717, 1.165) is 17.5 Å². The molecule has 1 aliphatic heterocycles. The van der Waals surface area contributed by atoms with Crippen LogP contribution < -0.4 is 33.2 Å². The third-order valence-corrected chi connectivity index (χ3v) is 7.91. The summed E-state index contributed by atoms with van der Waals surface area (Å²) in [4.78, 5) is 59.9. The van der Waals surface area contributed by atoms with Crippen LogP contribution in [0.25, 0.3) is 0 Å². The number of carbonyl (C=O) groups excluding carboxylic acids is 4. The maximum atomic E-state index is 13.8. The highest BCUT2D eigenvalue weighted by molar-refractivity contribution is 5.95. The minimum atomic E-state index is -0.992. The number of hydrogen-bond acceptors (Lipinski definition) is 7. The van der Waals surface area contributed by atoms with Gasteiger partial charge in [0.05, 0.1) is 19.3 Å². The van der Waals surface area contributed by atoms with Gasteiger partial charge in [-0.2, -0.15) is 0 Å². The quantitative estimate of drug-likeness (QED) is 0.0752. The number of nitrogens with zero attached hydrogens (tertiary/aromatic N) is 2. The number of hydrogen-bond donors (Lipinski definition) is 6. The Balaban J connectivity index is 1.76. The lowest BCUT2D eigenvalue weighted by atomic mass is 10.0. The zero-order chi connectivity index (χ0) is 34.0. The molecule has 4 atom stereocenters. The summed E-state index contributed by atoms with van der Waals surface area (Å²) in [6.07, 6.45) is 3.05. The molecule has 13 heteroatoms. The van der Waals surface area contributed by atoms with E-state index in [1.807, 2.05) is 67.6 Å². The fourth-order valence-corrected chi connectivity index (χ4v) is 5.29. The highest BCUT2D eigenvalue weighted by Crippen LogP contribution is 2.11. The summed E-state index contributed by atoms with van der Waals surface area (Å²) < 4.78 is 5.39. The third-order valence-electron chi connectivity index (χ3n) is 7.91. The molecule has 0 radical (unpaired) electrons. The second-order valence-electron chi connectivity index (χ2n) is 11.7. The Kier molecular flexibility index (Phi) is 15.7. The Morgan fingerprint density at radius 3 is 1.89 bits per heavy atom. The van der Waals surface area contributed by atoms with Crippen molar-refractivity contribution in [1.29, 1.82) is 0 Å². The van der Waals surface area contributed by atoms with E-state index in [9.17, 15) is 19.2 Å². The number of unbranched alkanes of at least 4 members (excludes halogenated alkanes) is 1. The molecular formula is C34H50N8O5. The van der Waals surface area contributed by atoms with E-state index in [0.29, 0.717) is 65.0 Å². The van der Waals surface area contributed by atoms with Crippen molar-refractivity contribution in [3.63, 3.8) is 0 Å². The first-order valence-corrected chi connectivity index (χ1v) is 16.3. The third kappa shape index (κ3) is 13.0. The van der Waals surface area contributed by atoms with Crippen molar-refractivity contribution >= 4 is 29.6 Å². The van der Waals surface area contributed by atoms with Crippen LogP contribution in [0.2, 0.25) is 0 Å². The number of rotatable bonds is 18. The minimum Gasteiger partial charge on any atom is -0.378 e. The van der Waals surface area contributed by atoms with Crippen molar-refractivity contribution in [3.8, 4) is 0 Å². The summed E-state index contributed by atoms with van der Waals surface area (Å²) in [5.41, 5.74) is 18.9. The number of guanidine groups is 1. The van der Waals surface area contributed by atoms with Gasteiger partial charge in [0, 0.05) is 26.1 Å². The summed E-state index contributed by atoms with van der Waals surface area (Å²) in [6, 6.07) is 15.0. The molecule has 47 heavy (non-hydrogen) atoms. The molecule has 2 aromatic rings. The standard InChI is InChI=1S/C34H50N8O5/c1-2-3-15-27(31(44)40-28(16-10-17-38-34(36)37)33(46)42-18-20-47-21-19-42)39-32(45)29(23-25-13-8-5-9-14-25)41-30(43)26(35)22-24-11-6-4-7-12-24/h4-9,11-14,26-29H,2-3,10,15-23,35H2,1H3,(H,39,45)(H,40,44)(H,41,43)(H4,36,37,38)/t26-,27-,28-,29-/m1/s1. The normalized spacial score (nSPS) is 15.4. The molecule has 13 nitrogen and oxygen atoms in total. The van der Waals surface area contributed by atoms with Crippen LogP contribution in [0.5, 0.6) is 0 Å². The summed E-state index contributed by atoms with van der Waals surface area (Å²) in [7, 11) is 0. The molecule has 1 saturated heterocycles. The maximum Gasteiger partial charge on any atom is 0.245 e. The Bertz CT molecular complexity index is 1300. The summed E-state index contributed by atoms with van der Waals surface area (Å²) in [6.45, 7) is 3.95. The van der Waals surface area contributed by atoms with E-state index in [-0.39, 0.29) is 18.3 Å². The smallest absolute Gasteiger partial charge is 0.245 e. The van der Waals surface area contributed by atoms with Crippen molar-refractivity contribution in [3.05, 3.63) is 71.8 Å². The Hall–Kier alpha value is -4.49. The van der Waals surface area contributed by atoms with E-state index in [1.54, 1.807) is 4.90 Å². The molecule has 1 fully saturated rings. The Morgan fingerprint density at radius 2 is 1.30 bits per heavy atom. The van der Waals surface area contributed by atoms with Gasteiger partial charge in [0.25, 0.3) is 0 Å². The SMILES string of the molecule is CCCC[C@@H](NC(=O)[C@@H](Cc1ccccc1)NC(=O)[C@H](N)Cc1ccccc1)C(=O)N[C@H](CCCN=C(N)N)C(=O)N1CCOCC1. The number of morpholine rings is 1. The zero-order valence-electron chi connectivity index (χ0n) is 27.2. The molecule has 4 amide bonds. The number of amides is 4. The lowest BCUT2D eigenvalue weighted by Crippen LogP contribution is -2.59. The molecule has 9 N–H and O–H groups in total. The fourth-order valence-electron chi connectivity index (χ4n) is 5.29. The van der Waals surface area contributed by atoms with Crippen LogP contribution in [0.1, 0.15) is 50.2 Å². The van der Waals surface area contributed by atoms with Crippen LogP contribution in [0.4, 0.5) is 0 Å². The molecule has 0 aliphatic carbocycles. The van der Waals surface area contributed by atoms with Crippen LogP contribution in [-0.2, 0) is 36.8 Å². The number of ether oxygens (including phenoxy) is 1. The van der Waals surface area contributed by atoms with E-state index in [2.05, 4.69) is 20.9 Å². The average Bonchev–Trinajstić information content (AvgIpc) is 3.08. The first-order chi connectivity index (χ1) is 22.7. The molecule has 0 unspecified atom stereocenters. The molecule has 1 aliphatic rings. The van der Waals surface area contributed by atoms with Crippen LogP contribution >= 0.6 is 0 Å². The predicted molar refractivity (Wildman–Crippen MR) is 181 cm³/mol. The fraction of sp³-hybridized carbons (Fsp3) is 0.500. The van der Waals surface area contributed by atoms with Gasteiger partial charge in [-0.1, -0.05) is 80.4 Å². The van der Waals surface area contributed by atoms with E-state index in [1.165, 1.54) is 0 Å². The number of carbonyl (C=O) groups is 4. The van der Waals surface area contributed by atoms with Crippen LogP contribution in [0.15, 0.2) is 65.7 Å². The van der Waals surface area contributed by atoms with Crippen molar-refractivity contribution in [2.75, 3.05) is 32.8 Å².